The van der Waals surface area contributed by atoms with Gasteiger partial charge >= 0.3 is 0 Å². The highest BCUT2D eigenvalue weighted by molar-refractivity contribution is 6.25. The molecule has 0 aromatic heterocycles. The Balaban J connectivity index is 2.22. The Morgan fingerprint density at radius 3 is 3.00 bits per heavy atom. The largest absolute Gasteiger partial charge is 0.367 e. The lowest BCUT2D eigenvalue weighted by Crippen LogP contribution is -2.24. The van der Waals surface area contributed by atoms with E-state index in [9.17, 15) is 0 Å². The van der Waals surface area contributed by atoms with Crippen LogP contribution < -0.4 is 10.6 Å². The predicted octanol–water partition coefficient (Wildman–Crippen LogP) is 3.08. The van der Waals surface area contributed by atoms with Crippen molar-refractivity contribution in [3.63, 3.8) is 0 Å². The van der Waals surface area contributed by atoms with E-state index in [4.69, 9.17) is 17.3 Å². The van der Waals surface area contributed by atoms with E-state index in [1.54, 1.807) is 5.54 Å². The van der Waals surface area contributed by atoms with Crippen molar-refractivity contribution in [2.24, 2.45) is 5.73 Å². The molecule has 0 bridgehead atoms. The molecular weight excluding hydrogens is 232 g/mol. The number of fused-ring (bicyclic) bond motifs is 1. The minimum absolute atomic E-state index is 0.569. The van der Waals surface area contributed by atoms with Crippen LogP contribution in [-0.2, 0) is 0 Å². The molecule has 17 heavy (non-hydrogen) atoms. The summed E-state index contributed by atoms with van der Waals surface area (Å²) in [6.45, 7) is 4.77. The first-order chi connectivity index (χ1) is 8.26. The van der Waals surface area contributed by atoms with Crippen LogP contribution in [0.1, 0.15) is 24.8 Å². The van der Waals surface area contributed by atoms with E-state index in [0.717, 1.165) is 26.1 Å². The molecule has 1 unspecified atom stereocenters. The highest BCUT2D eigenvalue weighted by Gasteiger charge is 2.27. The standard InChI is InChI=1S/C14H19ClN2/c1-11(8-15)9-17-10-12(6-7-16)13-4-2-3-5-14(13)17/h2-5,8,12H,6-7,9-10,16H2,1H3/b11-8-. The lowest BCUT2D eigenvalue weighted by molar-refractivity contribution is 0.653. The first-order valence-electron chi connectivity index (χ1n) is 6.06. The summed E-state index contributed by atoms with van der Waals surface area (Å²) in [6.07, 6.45) is 1.05. The monoisotopic (exact) mass is 250 g/mol. The number of hydrogen-bond acceptors (Lipinski definition) is 2. The molecular formula is C14H19ClN2. The molecule has 1 aliphatic rings. The van der Waals surface area contributed by atoms with Crippen molar-refractivity contribution >= 4 is 17.3 Å². The molecule has 92 valence electrons. The van der Waals surface area contributed by atoms with Gasteiger partial charge in [0.1, 0.15) is 0 Å². The molecule has 2 rings (SSSR count). The van der Waals surface area contributed by atoms with Gasteiger partial charge in [0.05, 0.1) is 0 Å². The van der Waals surface area contributed by atoms with Crippen LogP contribution in [0, 0.1) is 0 Å². The van der Waals surface area contributed by atoms with Gasteiger partial charge in [0.15, 0.2) is 0 Å². The zero-order chi connectivity index (χ0) is 12.3. The van der Waals surface area contributed by atoms with Gasteiger partial charge in [-0.2, -0.15) is 0 Å². The third-order valence-electron chi connectivity index (χ3n) is 3.30. The van der Waals surface area contributed by atoms with E-state index in [1.807, 2.05) is 0 Å². The number of halogens is 1. The molecule has 0 radical (unpaired) electrons. The molecule has 3 heteroatoms. The van der Waals surface area contributed by atoms with Crippen LogP contribution in [0.4, 0.5) is 5.69 Å². The average molecular weight is 251 g/mol. The minimum atomic E-state index is 0.569. The van der Waals surface area contributed by atoms with E-state index >= 15 is 0 Å². The van der Waals surface area contributed by atoms with E-state index in [2.05, 4.69) is 36.1 Å². The summed E-state index contributed by atoms with van der Waals surface area (Å²) in [5, 5.41) is 0. The van der Waals surface area contributed by atoms with Crippen molar-refractivity contribution in [1.29, 1.82) is 0 Å². The summed E-state index contributed by atoms with van der Waals surface area (Å²) in [5.41, 5.74) is 11.3. The third-order valence-corrected chi connectivity index (χ3v) is 3.67. The number of rotatable bonds is 4. The normalized spacial score (nSPS) is 19.6. The van der Waals surface area contributed by atoms with Gasteiger partial charge < -0.3 is 10.6 Å². The first-order valence-corrected chi connectivity index (χ1v) is 6.49. The van der Waals surface area contributed by atoms with Crippen LogP contribution in [0.2, 0.25) is 0 Å². The molecule has 1 aromatic rings. The molecule has 0 amide bonds. The summed E-state index contributed by atoms with van der Waals surface area (Å²) in [6, 6.07) is 8.61. The summed E-state index contributed by atoms with van der Waals surface area (Å²) in [7, 11) is 0. The van der Waals surface area contributed by atoms with Crippen molar-refractivity contribution in [2.75, 3.05) is 24.5 Å². The second-order valence-corrected chi connectivity index (χ2v) is 4.89. The van der Waals surface area contributed by atoms with Crippen LogP contribution in [0.5, 0.6) is 0 Å². The minimum Gasteiger partial charge on any atom is -0.367 e. The predicted molar refractivity (Wildman–Crippen MR) is 74.7 cm³/mol. The second kappa shape index (κ2) is 5.56. The van der Waals surface area contributed by atoms with E-state index < -0.39 is 0 Å². The van der Waals surface area contributed by atoms with Crippen LogP contribution in [-0.4, -0.2) is 19.6 Å². The van der Waals surface area contributed by atoms with Gasteiger partial charge in [0.2, 0.25) is 0 Å². The quantitative estimate of drug-likeness (QED) is 0.890. The summed E-state index contributed by atoms with van der Waals surface area (Å²) in [4.78, 5) is 2.39. The van der Waals surface area contributed by atoms with Crippen LogP contribution in [0.25, 0.3) is 0 Å². The first kappa shape index (κ1) is 12.5. The van der Waals surface area contributed by atoms with E-state index in [0.29, 0.717) is 5.92 Å². The molecule has 0 saturated heterocycles. The Bertz CT molecular complexity index is 414. The Morgan fingerprint density at radius 1 is 1.53 bits per heavy atom. The van der Waals surface area contributed by atoms with Gasteiger partial charge in [-0.05, 0) is 37.1 Å². The van der Waals surface area contributed by atoms with Crippen molar-refractivity contribution in [2.45, 2.75) is 19.3 Å². The Morgan fingerprint density at radius 2 is 2.29 bits per heavy atom. The number of anilines is 1. The van der Waals surface area contributed by atoms with E-state index in [1.165, 1.54) is 16.8 Å². The fourth-order valence-corrected chi connectivity index (χ4v) is 2.59. The highest BCUT2D eigenvalue weighted by atomic mass is 35.5. The van der Waals surface area contributed by atoms with Crippen LogP contribution in [0.3, 0.4) is 0 Å². The number of hydrogen-bond donors (Lipinski definition) is 1. The van der Waals surface area contributed by atoms with Crippen molar-refractivity contribution < 1.29 is 0 Å². The molecule has 1 aromatic carbocycles. The molecule has 0 fully saturated rings. The van der Waals surface area contributed by atoms with E-state index in [-0.39, 0.29) is 0 Å². The maximum absolute atomic E-state index is 5.75. The summed E-state index contributed by atoms with van der Waals surface area (Å²) >= 11 is 5.75. The zero-order valence-electron chi connectivity index (χ0n) is 10.2. The molecule has 0 spiro atoms. The third kappa shape index (κ3) is 2.64. The topological polar surface area (TPSA) is 29.3 Å². The Labute approximate surface area is 108 Å². The number of nitrogens with two attached hydrogens (primary N) is 1. The van der Waals surface area contributed by atoms with Crippen LogP contribution in [0.15, 0.2) is 35.4 Å². The molecule has 1 aliphatic heterocycles. The Kier molecular flexibility index (Phi) is 4.08. The van der Waals surface area contributed by atoms with Gasteiger partial charge in [-0.15, -0.1) is 0 Å². The molecule has 1 heterocycles. The Hall–Kier alpha value is -0.990. The fraction of sp³-hybridized carbons (Fsp3) is 0.429. The van der Waals surface area contributed by atoms with Gasteiger partial charge in [-0.1, -0.05) is 29.8 Å². The summed E-state index contributed by atoms with van der Waals surface area (Å²) < 4.78 is 0. The molecule has 0 saturated carbocycles. The van der Waals surface area contributed by atoms with Gasteiger partial charge in [-0.3, -0.25) is 0 Å². The van der Waals surface area contributed by atoms with Crippen molar-refractivity contribution in [3.05, 3.63) is 40.9 Å². The van der Waals surface area contributed by atoms with Crippen molar-refractivity contribution in [3.8, 4) is 0 Å². The van der Waals surface area contributed by atoms with Gasteiger partial charge in [-0.25, -0.2) is 0 Å². The maximum atomic E-state index is 5.75. The lowest BCUT2D eigenvalue weighted by Gasteiger charge is -2.20. The smallest absolute Gasteiger partial charge is 0.0405 e. The average Bonchev–Trinajstić information content (AvgIpc) is 2.69. The van der Waals surface area contributed by atoms with Gasteiger partial charge in [0.25, 0.3) is 0 Å². The van der Waals surface area contributed by atoms with Crippen LogP contribution >= 0.6 is 11.6 Å². The van der Waals surface area contributed by atoms with Crippen molar-refractivity contribution in [1.82, 2.24) is 0 Å². The number of para-hydroxylation sites is 1. The summed E-state index contributed by atoms with van der Waals surface area (Å²) in [5.74, 6) is 0.569. The highest BCUT2D eigenvalue weighted by Crippen LogP contribution is 2.37. The molecule has 1 atom stereocenters. The second-order valence-electron chi connectivity index (χ2n) is 4.67. The fourth-order valence-electron chi connectivity index (χ4n) is 2.52. The maximum Gasteiger partial charge on any atom is 0.0405 e. The molecule has 0 aliphatic carbocycles. The zero-order valence-corrected chi connectivity index (χ0v) is 11.0. The lowest BCUT2D eigenvalue weighted by atomic mass is 9.98. The molecule has 2 N–H and O–H groups in total. The van der Waals surface area contributed by atoms with Gasteiger partial charge in [0, 0.05) is 30.2 Å². The SMILES string of the molecule is C/C(=C/Cl)CN1CC(CCN)c2ccccc21. The molecule has 2 nitrogen and oxygen atoms in total. The number of nitrogens with zero attached hydrogens (tertiary/aromatic N) is 1. The number of benzene rings is 1.